The molecule has 0 bridgehead atoms. The van der Waals surface area contributed by atoms with Gasteiger partial charge >= 0.3 is 0 Å². The summed E-state index contributed by atoms with van der Waals surface area (Å²) in [7, 11) is 4.27. The van der Waals surface area contributed by atoms with Gasteiger partial charge in [-0.2, -0.15) is 0 Å². The van der Waals surface area contributed by atoms with Gasteiger partial charge in [0.05, 0.1) is 0 Å². The average Bonchev–Trinajstić information content (AvgIpc) is 2.99. The zero-order valence-electron chi connectivity index (χ0n) is 15.0. The molecule has 2 nitrogen and oxygen atoms in total. The first-order valence-electron chi connectivity index (χ1n) is 8.92. The number of aromatic nitrogens is 1. The standard InChI is InChI=1S/C24H20N2/c1-25(19-12-11-17-7-3-4-8-18(17)15-19)20-13-14-24-22(16-20)21-9-5-6-10-23(21)26(24)2/h3-16H,1-2H3. The summed E-state index contributed by atoms with van der Waals surface area (Å²) >= 11 is 0. The average molecular weight is 336 g/mol. The van der Waals surface area contributed by atoms with Gasteiger partial charge in [0.15, 0.2) is 0 Å². The molecule has 2 heteroatoms. The molecule has 0 spiro atoms. The maximum Gasteiger partial charge on any atom is 0.0490 e. The summed E-state index contributed by atoms with van der Waals surface area (Å²) in [5, 5.41) is 5.14. The maximum atomic E-state index is 2.30. The largest absolute Gasteiger partial charge is 0.345 e. The number of anilines is 2. The van der Waals surface area contributed by atoms with E-state index in [1.54, 1.807) is 0 Å². The van der Waals surface area contributed by atoms with E-state index >= 15 is 0 Å². The number of rotatable bonds is 2. The summed E-state index contributed by atoms with van der Waals surface area (Å²) in [6.45, 7) is 0. The number of hydrogen-bond acceptors (Lipinski definition) is 1. The maximum absolute atomic E-state index is 2.30. The highest BCUT2D eigenvalue weighted by Gasteiger charge is 2.11. The van der Waals surface area contributed by atoms with Crippen molar-refractivity contribution in [2.45, 2.75) is 0 Å². The van der Waals surface area contributed by atoms with Gasteiger partial charge in [-0.3, -0.25) is 0 Å². The summed E-state index contributed by atoms with van der Waals surface area (Å²) in [6, 6.07) is 30.5. The van der Waals surface area contributed by atoms with E-state index < -0.39 is 0 Å². The molecule has 5 aromatic rings. The van der Waals surface area contributed by atoms with Crippen LogP contribution in [0.4, 0.5) is 11.4 Å². The van der Waals surface area contributed by atoms with Crippen LogP contribution in [-0.4, -0.2) is 11.6 Å². The highest BCUT2D eigenvalue weighted by Crippen LogP contribution is 2.33. The lowest BCUT2D eigenvalue weighted by molar-refractivity contribution is 1.01. The predicted octanol–water partition coefficient (Wildman–Crippen LogP) is 6.25. The van der Waals surface area contributed by atoms with Crippen LogP contribution >= 0.6 is 0 Å². The Bertz CT molecular complexity index is 1260. The molecule has 0 saturated carbocycles. The van der Waals surface area contributed by atoms with Crippen LogP contribution < -0.4 is 4.90 Å². The molecule has 5 rings (SSSR count). The van der Waals surface area contributed by atoms with Crippen LogP contribution in [0.3, 0.4) is 0 Å². The predicted molar refractivity (Wildman–Crippen MR) is 112 cm³/mol. The fraction of sp³-hybridized carbons (Fsp3) is 0.0833. The summed E-state index contributed by atoms with van der Waals surface area (Å²) in [5.41, 5.74) is 4.93. The van der Waals surface area contributed by atoms with E-state index in [-0.39, 0.29) is 0 Å². The van der Waals surface area contributed by atoms with Crippen LogP contribution in [0.15, 0.2) is 84.9 Å². The quantitative estimate of drug-likeness (QED) is 0.370. The molecular weight excluding hydrogens is 316 g/mol. The zero-order chi connectivity index (χ0) is 17.7. The number of hydrogen-bond donors (Lipinski definition) is 0. The lowest BCUT2D eigenvalue weighted by Gasteiger charge is -2.20. The third-order valence-electron chi connectivity index (χ3n) is 5.40. The molecule has 26 heavy (non-hydrogen) atoms. The van der Waals surface area contributed by atoms with Crippen molar-refractivity contribution in [1.82, 2.24) is 4.57 Å². The summed E-state index contributed by atoms with van der Waals surface area (Å²) in [6.07, 6.45) is 0. The zero-order valence-corrected chi connectivity index (χ0v) is 15.0. The number of nitrogens with zero attached hydrogens (tertiary/aromatic N) is 2. The number of aryl methyl sites for hydroxylation is 1. The summed E-state index contributed by atoms with van der Waals surface area (Å²) in [4.78, 5) is 2.26. The molecule has 0 fully saturated rings. The van der Waals surface area contributed by atoms with E-state index in [0.29, 0.717) is 0 Å². The molecule has 0 aliphatic heterocycles. The van der Waals surface area contributed by atoms with E-state index in [4.69, 9.17) is 0 Å². The Labute approximate surface area is 152 Å². The molecule has 0 N–H and O–H groups in total. The lowest BCUT2D eigenvalue weighted by atomic mass is 10.1. The molecule has 1 heterocycles. The van der Waals surface area contributed by atoms with E-state index in [1.807, 2.05) is 0 Å². The molecule has 4 aromatic carbocycles. The SMILES string of the molecule is CN(c1ccc2ccccc2c1)c1ccc2c(c1)c1ccccc1n2C. The number of fused-ring (bicyclic) bond motifs is 4. The molecule has 1 aromatic heterocycles. The van der Waals surface area contributed by atoms with Crippen LogP contribution in [0.25, 0.3) is 32.6 Å². The third-order valence-corrected chi connectivity index (χ3v) is 5.40. The van der Waals surface area contributed by atoms with Gasteiger partial charge in [0.25, 0.3) is 0 Å². The fourth-order valence-electron chi connectivity index (χ4n) is 3.90. The van der Waals surface area contributed by atoms with Crippen molar-refractivity contribution in [2.75, 3.05) is 11.9 Å². The Morgan fingerprint density at radius 2 is 1.27 bits per heavy atom. The Kier molecular flexibility index (Phi) is 3.26. The van der Waals surface area contributed by atoms with Gasteiger partial charge < -0.3 is 9.47 Å². The van der Waals surface area contributed by atoms with E-state index in [1.165, 1.54) is 44.0 Å². The molecule has 126 valence electrons. The molecule has 0 saturated heterocycles. The highest BCUT2D eigenvalue weighted by molar-refractivity contribution is 6.09. The minimum absolute atomic E-state index is 1.20. The van der Waals surface area contributed by atoms with Gasteiger partial charge in [-0.05, 0) is 47.2 Å². The van der Waals surface area contributed by atoms with E-state index in [0.717, 1.165) is 0 Å². The lowest BCUT2D eigenvalue weighted by Crippen LogP contribution is -2.09. The van der Waals surface area contributed by atoms with E-state index in [2.05, 4.69) is 108 Å². The smallest absolute Gasteiger partial charge is 0.0490 e. The summed E-state index contributed by atoms with van der Waals surface area (Å²) in [5.74, 6) is 0. The number of para-hydroxylation sites is 1. The van der Waals surface area contributed by atoms with Crippen molar-refractivity contribution in [2.24, 2.45) is 7.05 Å². The second-order valence-electron chi connectivity index (χ2n) is 6.87. The monoisotopic (exact) mass is 336 g/mol. The second kappa shape index (κ2) is 5.63. The van der Waals surface area contributed by atoms with Gasteiger partial charge in [0.1, 0.15) is 0 Å². The van der Waals surface area contributed by atoms with Crippen LogP contribution in [0.5, 0.6) is 0 Å². The van der Waals surface area contributed by atoms with Crippen molar-refractivity contribution in [3.63, 3.8) is 0 Å². The van der Waals surface area contributed by atoms with Crippen LogP contribution in [0.1, 0.15) is 0 Å². The highest BCUT2D eigenvalue weighted by atomic mass is 15.1. The number of benzene rings is 4. The van der Waals surface area contributed by atoms with Crippen LogP contribution in [-0.2, 0) is 7.05 Å². The molecule has 0 aliphatic rings. The van der Waals surface area contributed by atoms with Crippen molar-refractivity contribution in [3.8, 4) is 0 Å². The first kappa shape index (κ1) is 15.0. The van der Waals surface area contributed by atoms with Gasteiger partial charge in [-0.1, -0.05) is 48.5 Å². The van der Waals surface area contributed by atoms with Crippen molar-refractivity contribution in [1.29, 1.82) is 0 Å². The third kappa shape index (κ3) is 2.19. The van der Waals surface area contributed by atoms with Gasteiger partial charge in [0, 0.05) is 47.3 Å². The normalized spacial score (nSPS) is 11.5. The first-order chi connectivity index (χ1) is 12.7. The topological polar surface area (TPSA) is 8.17 Å². The van der Waals surface area contributed by atoms with E-state index in [9.17, 15) is 0 Å². The molecule has 0 unspecified atom stereocenters. The second-order valence-corrected chi connectivity index (χ2v) is 6.87. The first-order valence-corrected chi connectivity index (χ1v) is 8.92. The Hall–Kier alpha value is -3.26. The minimum atomic E-state index is 1.20. The Balaban J connectivity index is 1.66. The Morgan fingerprint density at radius 1 is 0.615 bits per heavy atom. The van der Waals surface area contributed by atoms with Crippen molar-refractivity contribution in [3.05, 3.63) is 84.9 Å². The van der Waals surface area contributed by atoms with Crippen molar-refractivity contribution >= 4 is 44.0 Å². The van der Waals surface area contributed by atoms with Gasteiger partial charge in [-0.15, -0.1) is 0 Å². The molecule has 0 amide bonds. The molecule has 0 radical (unpaired) electrons. The van der Waals surface area contributed by atoms with Crippen LogP contribution in [0.2, 0.25) is 0 Å². The molecular formula is C24H20N2. The molecule has 0 atom stereocenters. The minimum Gasteiger partial charge on any atom is -0.345 e. The molecule has 0 aliphatic carbocycles. The van der Waals surface area contributed by atoms with Crippen LogP contribution in [0, 0.1) is 0 Å². The Morgan fingerprint density at radius 3 is 2.15 bits per heavy atom. The van der Waals surface area contributed by atoms with Gasteiger partial charge in [-0.25, -0.2) is 0 Å². The van der Waals surface area contributed by atoms with Crippen molar-refractivity contribution < 1.29 is 0 Å². The summed E-state index contributed by atoms with van der Waals surface area (Å²) < 4.78 is 2.27. The van der Waals surface area contributed by atoms with Gasteiger partial charge in [0.2, 0.25) is 0 Å². The fourth-order valence-corrected chi connectivity index (χ4v) is 3.90.